The lowest BCUT2D eigenvalue weighted by Crippen LogP contribution is -2.32. The highest BCUT2D eigenvalue weighted by Crippen LogP contribution is 2.28. The van der Waals surface area contributed by atoms with Gasteiger partial charge in [0.25, 0.3) is 0 Å². The van der Waals surface area contributed by atoms with E-state index in [0.29, 0.717) is 12.2 Å². The maximum atomic E-state index is 13.6. The molecule has 0 aliphatic heterocycles. The van der Waals surface area contributed by atoms with Crippen LogP contribution in [0, 0.1) is 11.2 Å². The SMILES string of the molecule is CCC(CC)(CO)CNc1cccc(Cl)c1F. The van der Waals surface area contributed by atoms with Gasteiger partial charge in [-0.1, -0.05) is 31.5 Å². The third-order valence-electron chi connectivity index (χ3n) is 3.44. The van der Waals surface area contributed by atoms with Gasteiger partial charge in [-0.15, -0.1) is 0 Å². The smallest absolute Gasteiger partial charge is 0.164 e. The molecule has 0 aliphatic carbocycles. The predicted molar refractivity (Wildman–Crippen MR) is 70.0 cm³/mol. The van der Waals surface area contributed by atoms with E-state index in [1.54, 1.807) is 12.1 Å². The van der Waals surface area contributed by atoms with E-state index in [4.69, 9.17) is 11.6 Å². The first-order chi connectivity index (χ1) is 8.08. The van der Waals surface area contributed by atoms with Gasteiger partial charge in [0, 0.05) is 12.0 Å². The van der Waals surface area contributed by atoms with E-state index in [1.165, 1.54) is 6.07 Å². The second-order valence-electron chi connectivity index (χ2n) is 4.32. The average Bonchev–Trinajstić information content (AvgIpc) is 2.36. The molecule has 0 saturated heterocycles. The Balaban J connectivity index is 2.75. The quantitative estimate of drug-likeness (QED) is 0.817. The van der Waals surface area contributed by atoms with Crippen LogP contribution in [0.2, 0.25) is 5.02 Å². The molecule has 0 spiro atoms. The fourth-order valence-corrected chi connectivity index (χ4v) is 1.88. The normalized spacial score (nSPS) is 11.6. The van der Waals surface area contributed by atoms with Gasteiger partial charge in [-0.3, -0.25) is 0 Å². The molecular weight excluding hydrogens is 241 g/mol. The molecule has 1 rings (SSSR count). The number of nitrogens with one attached hydrogen (secondary N) is 1. The van der Waals surface area contributed by atoms with Crippen molar-refractivity contribution >= 4 is 17.3 Å². The second kappa shape index (κ2) is 6.22. The Bertz CT molecular complexity index is 358. The fraction of sp³-hybridized carbons (Fsp3) is 0.538. The fourth-order valence-electron chi connectivity index (χ4n) is 1.70. The van der Waals surface area contributed by atoms with Crippen LogP contribution in [0.15, 0.2) is 18.2 Å². The summed E-state index contributed by atoms with van der Waals surface area (Å²) in [5.41, 5.74) is 0.187. The highest BCUT2D eigenvalue weighted by atomic mass is 35.5. The molecule has 0 heterocycles. The van der Waals surface area contributed by atoms with Crippen LogP contribution in [0.4, 0.5) is 10.1 Å². The largest absolute Gasteiger partial charge is 0.396 e. The van der Waals surface area contributed by atoms with Crippen LogP contribution in [0.1, 0.15) is 26.7 Å². The molecule has 4 heteroatoms. The zero-order valence-electron chi connectivity index (χ0n) is 10.3. The molecular formula is C13H19ClFNO. The van der Waals surface area contributed by atoms with Crippen molar-refractivity contribution in [1.29, 1.82) is 0 Å². The van der Waals surface area contributed by atoms with Gasteiger partial charge in [0.1, 0.15) is 0 Å². The van der Waals surface area contributed by atoms with Crippen molar-refractivity contribution in [3.8, 4) is 0 Å². The molecule has 2 N–H and O–H groups in total. The van der Waals surface area contributed by atoms with E-state index >= 15 is 0 Å². The van der Waals surface area contributed by atoms with Gasteiger partial charge in [-0.25, -0.2) is 4.39 Å². The summed E-state index contributed by atoms with van der Waals surface area (Å²) in [6, 6.07) is 4.86. The Kier molecular flexibility index (Phi) is 5.22. The maximum Gasteiger partial charge on any atom is 0.164 e. The second-order valence-corrected chi connectivity index (χ2v) is 4.73. The van der Waals surface area contributed by atoms with Crippen LogP contribution >= 0.6 is 11.6 Å². The zero-order chi connectivity index (χ0) is 12.9. The van der Waals surface area contributed by atoms with Crippen LogP contribution in [-0.2, 0) is 0 Å². The van der Waals surface area contributed by atoms with Gasteiger partial charge in [0.2, 0.25) is 0 Å². The van der Waals surface area contributed by atoms with Crippen molar-refractivity contribution in [3.63, 3.8) is 0 Å². The molecule has 96 valence electrons. The number of hydrogen-bond acceptors (Lipinski definition) is 2. The van der Waals surface area contributed by atoms with Crippen molar-refractivity contribution in [2.24, 2.45) is 5.41 Å². The Morgan fingerprint density at radius 3 is 2.53 bits per heavy atom. The van der Waals surface area contributed by atoms with Gasteiger partial charge < -0.3 is 10.4 Å². The summed E-state index contributed by atoms with van der Waals surface area (Å²) in [5, 5.41) is 12.6. The van der Waals surface area contributed by atoms with Crippen LogP contribution in [0.25, 0.3) is 0 Å². The minimum absolute atomic E-state index is 0.0924. The predicted octanol–water partition coefficient (Wildman–Crippen LogP) is 3.69. The molecule has 0 atom stereocenters. The molecule has 0 bridgehead atoms. The lowest BCUT2D eigenvalue weighted by atomic mass is 9.83. The zero-order valence-corrected chi connectivity index (χ0v) is 11.0. The molecule has 0 radical (unpaired) electrons. The molecule has 0 saturated carbocycles. The Hall–Kier alpha value is -0.800. The van der Waals surface area contributed by atoms with Crippen molar-refractivity contribution in [2.75, 3.05) is 18.5 Å². The summed E-state index contributed by atoms with van der Waals surface area (Å²) in [6.45, 7) is 4.68. The number of halogens is 2. The van der Waals surface area contributed by atoms with E-state index < -0.39 is 5.82 Å². The molecule has 0 aromatic heterocycles. The van der Waals surface area contributed by atoms with Crippen molar-refractivity contribution in [1.82, 2.24) is 0 Å². The molecule has 0 amide bonds. The summed E-state index contributed by atoms with van der Waals surface area (Å²) >= 11 is 5.70. The third-order valence-corrected chi connectivity index (χ3v) is 3.73. The van der Waals surface area contributed by atoms with Crippen molar-refractivity contribution in [2.45, 2.75) is 26.7 Å². The Morgan fingerprint density at radius 2 is 2.00 bits per heavy atom. The average molecular weight is 260 g/mol. The minimum Gasteiger partial charge on any atom is -0.396 e. The topological polar surface area (TPSA) is 32.3 Å². The highest BCUT2D eigenvalue weighted by Gasteiger charge is 2.25. The summed E-state index contributed by atoms with van der Waals surface area (Å²) in [4.78, 5) is 0. The standard InChI is InChI=1S/C13H19ClFNO/c1-3-13(4-2,9-17)8-16-11-7-5-6-10(14)12(11)15/h5-7,16-17H,3-4,8-9H2,1-2H3. The van der Waals surface area contributed by atoms with Crippen LogP contribution < -0.4 is 5.32 Å². The number of rotatable bonds is 6. The maximum absolute atomic E-state index is 13.6. The minimum atomic E-state index is -0.437. The summed E-state index contributed by atoms with van der Waals surface area (Å²) < 4.78 is 13.6. The van der Waals surface area contributed by atoms with Gasteiger partial charge in [0.15, 0.2) is 5.82 Å². The molecule has 1 aromatic rings. The van der Waals surface area contributed by atoms with Gasteiger partial charge in [-0.05, 0) is 25.0 Å². The first-order valence-corrected chi connectivity index (χ1v) is 6.25. The van der Waals surface area contributed by atoms with Crippen molar-refractivity contribution in [3.05, 3.63) is 29.0 Å². The monoisotopic (exact) mass is 259 g/mol. The third kappa shape index (κ3) is 3.33. The van der Waals surface area contributed by atoms with Crippen LogP contribution in [0.3, 0.4) is 0 Å². The van der Waals surface area contributed by atoms with Gasteiger partial charge >= 0.3 is 0 Å². The molecule has 1 aromatic carbocycles. The highest BCUT2D eigenvalue weighted by molar-refractivity contribution is 6.31. The Labute approximate surface area is 107 Å². The molecule has 2 nitrogen and oxygen atoms in total. The first-order valence-electron chi connectivity index (χ1n) is 5.87. The van der Waals surface area contributed by atoms with E-state index in [1.807, 2.05) is 13.8 Å². The summed E-state index contributed by atoms with van der Waals surface area (Å²) in [6.07, 6.45) is 1.68. The lowest BCUT2D eigenvalue weighted by molar-refractivity contribution is 0.127. The van der Waals surface area contributed by atoms with E-state index in [-0.39, 0.29) is 17.0 Å². The summed E-state index contributed by atoms with van der Waals surface area (Å²) in [7, 11) is 0. The van der Waals surface area contributed by atoms with E-state index in [9.17, 15) is 9.50 Å². The van der Waals surface area contributed by atoms with E-state index in [0.717, 1.165) is 12.8 Å². The van der Waals surface area contributed by atoms with Crippen molar-refractivity contribution < 1.29 is 9.50 Å². The first kappa shape index (κ1) is 14.3. The number of benzene rings is 1. The molecule has 0 unspecified atom stereocenters. The van der Waals surface area contributed by atoms with Crippen LogP contribution in [0.5, 0.6) is 0 Å². The number of anilines is 1. The number of aliphatic hydroxyl groups excluding tert-OH is 1. The molecule has 0 aliphatic rings. The molecule has 17 heavy (non-hydrogen) atoms. The van der Waals surface area contributed by atoms with Gasteiger partial charge in [0.05, 0.1) is 17.3 Å². The number of aliphatic hydroxyl groups is 1. The Morgan fingerprint density at radius 1 is 1.35 bits per heavy atom. The summed E-state index contributed by atoms with van der Waals surface area (Å²) in [5.74, 6) is -0.437. The lowest BCUT2D eigenvalue weighted by Gasteiger charge is -2.30. The van der Waals surface area contributed by atoms with E-state index in [2.05, 4.69) is 5.32 Å². The van der Waals surface area contributed by atoms with Crippen LogP contribution in [-0.4, -0.2) is 18.3 Å². The van der Waals surface area contributed by atoms with Gasteiger partial charge in [-0.2, -0.15) is 0 Å². The molecule has 0 fully saturated rings. The number of hydrogen-bond donors (Lipinski definition) is 2.